The number of nitrogens with zero attached hydrogens (tertiary/aromatic N) is 4. The predicted molar refractivity (Wildman–Crippen MR) is 82.1 cm³/mol. The SMILES string of the molecule is CC(Nc1ccc(N)c(OC(C)(C)C)n1)c1nncn1C. The highest BCUT2D eigenvalue weighted by molar-refractivity contribution is 5.54. The Morgan fingerprint density at radius 2 is 2.05 bits per heavy atom. The number of pyridine rings is 1. The molecule has 21 heavy (non-hydrogen) atoms. The molecule has 7 nitrogen and oxygen atoms in total. The lowest BCUT2D eigenvalue weighted by atomic mass is 10.2. The Balaban J connectivity index is 2.18. The molecule has 0 saturated heterocycles. The van der Waals surface area contributed by atoms with Crippen LogP contribution in [-0.2, 0) is 7.05 Å². The van der Waals surface area contributed by atoms with Crippen LogP contribution in [0.4, 0.5) is 11.5 Å². The number of nitrogens with two attached hydrogens (primary N) is 1. The van der Waals surface area contributed by atoms with Gasteiger partial charge in [-0.2, -0.15) is 4.98 Å². The lowest BCUT2D eigenvalue weighted by Crippen LogP contribution is -2.24. The monoisotopic (exact) mass is 290 g/mol. The predicted octanol–water partition coefficient (Wildman–Crippen LogP) is 2.14. The normalized spacial score (nSPS) is 13.0. The second-order valence-corrected chi connectivity index (χ2v) is 5.97. The number of rotatable bonds is 4. The zero-order valence-electron chi connectivity index (χ0n) is 13.1. The van der Waals surface area contributed by atoms with E-state index < -0.39 is 0 Å². The molecular weight excluding hydrogens is 268 g/mol. The smallest absolute Gasteiger partial charge is 0.239 e. The Morgan fingerprint density at radius 3 is 2.62 bits per heavy atom. The van der Waals surface area contributed by atoms with Gasteiger partial charge in [-0.1, -0.05) is 0 Å². The lowest BCUT2D eigenvalue weighted by molar-refractivity contribution is 0.125. The first-order valence-electron chi connectivity index (χ1n) is 6.82. The first kappa shape index (κ1) is 15.1. The number of nitrogens with one attached hydrogen (secondary N) is 1. The Hall–Kier alpha value is -2.31. The molecule has 2 aromatic rings. The largest absolute Gasteiger partial charge is 0.470 e. The third kappa shape index (κ3) is 3.84. The molecule has 1 atom stereocenters. The highest BCUT2D eigenvalue weighted by atomic mass is 16.5. The summed E-state index contributed by atoms with van der Waals surface area (Å²) in [6.07, 6.45) is 1.66. The van der Waals surface area contributed by atoms with Crippen molar-refractivity contribution in [2.45, 2.75) is 39.3 Å². The molecule has 0 spiro atoms. The van der Waals surface area contributed by atoms with Gasteiger partial charge in [-0.05, 0) is 39.8 Å². The molecule has 0 saturated carbocycles. The molecule has 0 aliphatic heterocycles. The van der Waals surface area contributed by atoms with Crippen molar-refractivity contribution < 1.29 is 4.74 Å². The van der Waals surface area contributed by atoms with Crippen molar-refractivity contribution in [1.82, 2.24) is 19.7 Å². The third-order valence-electron chi connectivity index (χ3n) is 2.79. The van der Waals surface area contributed by atoms with Gasteiger partial charge in [0.25, 0.3) is 0 Å². The van der Waals surface area contributed by atoms with Crippen LogP contribution in [0.15, 0.2) is 18.5 Å². The van der Waals surface area contributed by atoms with E-state index in [1.807, 2.05) is 45.4 Å². The zero-order chi connectivity index (χ0) is 15.6. The van der Waals surface area contributed by atoms with E-state index in [-0.39, 0.29) is 11.6 Å². The highest BCUT2D eigenvalue weighted by Crippen LogP contribution is 2.26. The van der Waals surface area contributed by atoms with E-state index in [1.165, 1.54) is 0 Å². The van der Waals surface area contributed by atoms with Crippen LogP contribution in [0.2, 0.25) is 0 Å². The number of aromatic nitrogens is 4. The number of hydrogen-bond donors (Lipinski definition) is 2. The average molecular weight is 290 g/mol. The summed E-state index contributed by atoms with van der Waals surface area (Å²) in [6.45, 7) is 7.86. The summed E-state index contributed by atoms with van der Waals surface area (Å²) < 4.78 is 7.62. The molecule has 0 amide bonds. The zero-order valence-corrected chi connectivity index (χ0v) is 13.1. The minimum atomic E-state index is -0.352. The Labute approximate surface area is 124 Å². The minimum absolute atomic E-state index is 0.0314. The second-order valence-electron chi connectivity index (χ2n) is 5.97. The molecule has 2 aromatic heterocycles. The fraction of sp³-hybridized carbons (Fsp3) is 0.500. The van der Waals surface area contributed by atoms with Gasteiger partial charge in [0.15, 0.2) is 5.82 Å². The van der Waals surface area contributed by atoms with Crippen LogP contribution >= 0.6 is 0 Å². The summed E-state index contributed by atoms with van der Waals surface area (Å²) in [5.74, 6) is 1.93. The first-order chi connectivity index (χ1) is 9.76. The van der Waals surface area contributed by atoms with Crippen LogP contribution in [0.3, 0.4) is 0 Å². The van der Waals surface area contributed by atoms with Crippen LogP contribution in [0.5, 0.6) is 5.88 Å². The molecule has 3 N–H and O–H groups in total. The van der Waals surface area contributed by atoms with Crippen molar-refractivity contribution in [3.8, 4) is 5.88 Å². The van der Waals surface area contributed by atoms with Crippen LogP contribution in [0.1, 0.15) is 39.6 Å². The van der Waals surface area contributed by atoms with Gasteiger partial charge in [-0.3, -0.25) is 0 Å². The summed E-state index contributed by atoms with van der Waals surface area (Å²) in [4.78, 5) is 4.42. The summed E-state index contributed by atoms with van der Waals surface area (Å²) in [6, 6.07) is 3.56. The fourth-order valence-corrected chi connectivity index (χ4v) is 1.87. The maximum atomic E-state index is 5.90. The van der Waals surface area contributed by atoms with Crippen LogP contribution < -0.4 is 15.8 Å². The molecule has 7 heteroatoms. The van der Waals surface area contributed by atoms with E-state index in [9.17, 15) is 0 Å². The minimum Gasteiger partial charge on any atom is -0.470 e. The molecule has 2 heterocycles. The quantitative estimate of drug-likeness (QED) is 0.896. The van der Waals surface area contributed by atoms with E-state index in [0.717, 1.165) is 5.82 Å². The average Bonchev–Trinajstić information content (AvgIpc) is 2.78. The van der Waals surface area contributed by atoms with Crippen LogP contribution in [-0.4, -0.2) is 25.3 Å². The molecule has 0 fully saturated rings. The summed E-state index contributed by atoms with van der Waals surface area (Å²) in [5.41, 5.74) is 6.07. The van der Waals surface area contributed by atoms with Crippen LogP contribution in [0.25, 0.3) is 0 Å². The van der Waals surface area contributed by atoms with Crippen molar-refractivity contribution in [3.05, 3.63) is 24.3 Å². The molecule has 114 valence electrons. The van der Waals surface area contributed by atoms with Crippen LogP contribution in [0, 0.1) is 0 Å². The van der Waals surface area contributed by atoms with E-state index in [0.29, 0.717) is 17.4 Å². The Bertz CT molecular complexity index is 616. The molecular formula is C14H22N6O. The molecule has 0 bridgehead atoms. The Morgan fingerprint density at radius 1 is 1.33 bits per heavy atom. The highest BCUT2D eigenvalue weighted by Gasteiger charge is 2.17. The number of anilines is 2. The number of nitrogen functional groups attached to an aromatic ring is 1. The number of hydrogen-bond acceptors (Lipinski definition) is 6. The van der Waals surface area contributed by atoms with E-state index in [1.54, 1.807) is 12.4 Å². The van der Waals surface area contributed by atoms with Gasteiger partial charge in [-0.25, -0.2) is 0 Å². The molecule has 1 unspecified atom stereocenters. The van der Waals surface area contributed by atoms with Crippen molar-refractivity contribution in [2.75, 3.05) is 11.1 Å². The number of aryl methyl sites for hydroxylation is 1. The molecule has 0 aliphatic carbocycles. The standard InChI is InChI=1S/C14H22N6O/c1-9(12-19-16-8-20(12)5)17-11-7-6-10(15)13(18-11)21-14(2,3)4/h6-9H,15H2,1-5H3,(H,17,18). The molecule has 0 aliphatic rings. The maximum Gasteiger partial charge on any atom is 0.239 e. The van der Waals surface area contributed by atoms with E-state index >= 15 is 0 Å². The van der Waals surface area contributed by atoms with Gasteiger partial charge < -0.3 is 20.4 Å². The number of ether oxygens (including phenoxy) is 1. The second kappa shape index (κ2) is 5.59. The van der Waals surface area contributed by atoms with Gasteiger partial charge >= 0.3 is 0 Å². The van der Waals surface area contributed by atoms with E-state index in [4.69, 9.17) is 10.5 Å². The van der Waals surface area contributed by atoms with Crippen molar-refractivity contribution >= 4 is 11.5 Å². The van der Waals surface area contributed by atoms with Gasteiger partial charge in [0.05, 0.1) is 11.7 Å². The topological polar surface area (TPSA) is 90.9 Å². The lowest BCUT2D eigenvalue weighted by Gasteiger charge is -2.22. The molecule has 0 aromatic carbocycles. The van der Waals surface area contributed by atoms with Gasteiger partial charge in [-0.15, -0.1) is 10.2 Å². The van der Waals surface area contributed by atoms with Gasteiger partial charge in [0.1, 0.15) is 17.7 Å². The third-order valence-corrected chi connectivity index (χ3v) is 2.79. The summed E-state index contributed by atoms with van der Waals surface area (Å²) in [7, 11) is 1.90. The Kier molecular flexibility index (Phi) is 4.02. The molecule has 0 radical (unpaired) electrons. The fourth-order valence-electron chi connectivity index (χ4n) is 1.87. The van der Waals surface area contributed by atoms with Crippen molar-refractivity contribution in [2.24, 2.45) is 7.05 Å². The summed E-state index contributed by atoms with van der Waals surface area (Å²) in [5, 5.41) is 11.2. The van der Waals surface area contributed by atoms with Gasteiger partial charge in [0, 0.05) is 7.05 Å². The molecule has 2 rings (SSSR count). The first-order valence-corrected chi connectivity index (χ1v) is 6.82. The van der Waals surface area contributed by atoms with Crippen molar-refractivity contribution in [3.63, 3.8) is 0 Å². The van der Waals surface area contributed by atoms with Gasteiger partial charge in [0.2, 0.25) is 5.88 Å². The maximum absolute atomic E-state index is 5.90. The van der Waals surface area contributed by atoms with Crippen molar-refractivity contribution in [1.29, 1.82) is 0 Å². The summed E-state index contributed by atoms with van der Waals surface area (Å²) >= 11 is 0. The van der Waals surface area contributed by atoms with E-state index in [2.05, 4.69) is 20.5 Å².